The summed E-state index contributed by atoms with van der Waals surface area (Å²) in [6.07, 6.45) is 1.59. The van der Waals surface area contributed by atoms with Gasteiger partial charge in [-0.1, -0.05) is 36.0 Å². The van der Waals surface area contributed by atoms with E-state index in [0.717, 1.165) is 11.8 Å². The van der Waals surface area contributed by atoms with Crippen LogP contribution in [0.25, 0.3) is 16.6 Å². The van der Waals surface area contributed by atoms with Crippen LogP contribution in [0, 0.1) is 12.7 Å². The Morgan fingerprint density at radius 1 is 1.36 bits per heavy atom. The van der Waals surface area contributed by atoms with Crippen molar-refractivity contribution in [2.75, 3.05) is 6.54 Å². The van der Waals surface area contributed by atoms with E-state index < -0.39 is 11.1 Å². The van der Waals surface area contributed by atoms with E-state index in [0.29, 0.717) is 33.9 Å². The molecule has 1 heterocycles. The Morgan fingerprint density at radius 2 is 2.11 bits per heavy atom. The van der Waals surface area contributed by atoms with Gasteiger partial charge in [0.2, 0.25) is 5.91 Å². The average Bonchev–Trinajstić information content (AvgIpc) is 2.68. The molecule has 144 valence electrons. The van der Waals surface area contributed by atoms with Crippen LogP contribution in [0.4, 0.5) is 4.39 Å². The summed E-state index contributed by atoms with van der Waals surface area (Å²) in [7, 11) is 0. The average molecular weight is 397 g/mol. The van der Waals surface area contributed by atoms with Gasteiger partial charge in [-0.05, 0) is 43.7 Å². The van der Waals surface area contributed by atoms with Crippen LogP contribution in [-0.2, 0) is 4.79 Å². The molecular formula is C21H20FN3O2S. The fourth-order valence-electron chi connectivity index (χ4n) is 2.67. The van der Waals surface area contributed by atoms with Crippen molar-refractivity contribution in [3.05, 3.63) is 76.9 Å². The second-order valence-electron chi connectivity index (χ2n) is 6.28. The van der Waals surface area contributed by atoms with Crippen molar-refractivity contribution in [2.24, 2.45) is 0 Å². The van der Waals surface area contributed by atoms with Gasteiger partial charge in [0.05, 0.1) is 21.8 Å². The Hall–Kier alpha value is -2.93. The third kappa shape index (κ3) is 3.99. The minimum Gasteiger partial charge on any atom is -0.352 e. The predicted octanol–water partition coefficient (Wildman–Crippen LogP) is 3.62. The number of carbonyl (C=O) groups is 1. The normalized spacial score (nSPS) is 12.0. The lowest BCUT2D eigenvalue weighted by Gasteiger charge is -2.16. The zero-order valence-electron chi connectivity index (χ0n) is 15.6. The van der Waals surface area contributed by atoms with Crippen molar-refractivity contribution >= 4 is 28.6 Å². The highest BCUT2D eigenvalue weighted by molar-refractivity contribution is 8.00. The van der Waals surface area contributed by atoms with Crippen molar-refractivity contribution in [1.82, 2.24) is 14.9 Å². The fraction of sp³-hybridized carbons (Fsp3) is 0.190. The molecular weight excluding hydrogens is 377 g/mol. The van der Waals surface area contributed by atoms with E-state index in [4.69, 9.17) is 0 Å². The third-order valence-electron chi connectivity index (χ3n) is 4.23. The zero-order chi connectivity index (χ0) is 20.3. The number of nitrogens with one attached hydrogen (secondary N) is 1. The quantitative estimate of drug-likeness (QED) is 0.392. The number of rotatable bonds is 6. The summed E-state index contributed by atoms with van der Waals surface area (Å²) < 4.78 is 15.5. The van der Waals surface area contributed by atoms with Crippen LogP contribution in [0.15, 0.2) is 65.1 Å². The maximum Gasteiger partial charge on any atom is 0.266 e. The molecule has 5 nitrogen and oxygen atoms in total. The first-order valence-corrected chi connectivity index (χ1v) is 9.64. The van der Waals surface area contributed by atoms with Crippen molar-refractivity contribution in [3.63, 3.8) is 0 Å². The summed E-state index contributed by atoms with van der Waals surface area (Å²) in [4.78, 5) is 30.0. The topological polar surface area (TPSA) is 64.0 Å². The van der Waals surface area contributed by atoms with E-state index in [2.05, 4.69) is 16.9 Å². The molecule has 0 saturated carbocycles. The number of fused-ring (bicyclic) bond motifs is 1. The molecule has 1 unspecified atom stereocenters. The lowest BCUT2D eigenvalue weighted by molar-refractivity contribution is -0.120. The molecule has 28 heavy (non-hydrogen) atoms. The first-order chi connectivity index (χ1) is 13.4. The lowest BCUT2D eigenvalue weighted by Crippen LogP contribution is -2.32. The number of para-hydroxylation sites is 1. The Balaban J connectivity index is 2.14. The van der Waals surface area contributed by atoms with E-state index in [1.165, 1.54) is 10.6 Å². The number of carbonyl (C=O) groups excluding carboxylic acids is 1. The molecule has 2 aromatic carbocycles. The minimum atomic E-state index is -0.505. The number of aromatic nitrogens is 2. The second kappa shape index (κ2) is 8.39. The van der Waals surface area contributed by atoms with E-state index in [-0.39, 0.29) is 11.5 Å². The number of thioether (sulfide) groups is 1. The predicted molar refractivity (Wildman–Crippen MR) is 111 cm³/mol. The van der Waals surface area contributed by atoms with Gasteiger partial charge < -0.3 is 5.32 Å². The van der Waals surface area contributed by atoms with Crippen molar-refractivity contribution in [3.8, 4) is 5.69 Å². The van der Waals surface area contributed by atoms with Gasteiger partial charge in [-0.2, -0.15) is 0 Å². The summed E-state index contributed by atoms with van der Waals surface area (Å²) >= 11 is 1.15. The summed E-state index contributed by atoms with van der Waals surface area (Å²) in [5, 5.41) is 2.98. The first-order valence-electron chi connectivity index (χ1n) is 8.76. The van der Waals surface area contributed by atoms with Crippen LogP contribution in [0.5, 0.6) is 0 Å². The molecule has 0 spiro atoms. The van der Waals surface area contributed by atoms with Crippen molar-refractivity contribution in [1.29, 1.82) is 0 Å². The number of aryl methyl sites for hydroxylation is 1. The Morgan fingerprint density at radius 3 is 2.82 bits per heavy atom. The summed E-state index contributed by atoms with van der Waals surface area (Å²) in [5.41, 5.74) is 1.07. The molecule has 1 N–H and O–H groups in total. The van der Waals surface area contributed by atoms with E-state index in [1.807, 2.05) is 0 Å². The van der Waals surface area contributed by atoms with Crippen LogP contribution in [0.3, 0.4) is 0 Å². The van der Waals surface area contributed by atoms with Gasteiger partial charge in [0.15, 0.2) is 5.16 Å². The number of hydrogen-bond donors (Lipinski definition) is 1. The van der Waals surface area contributed by atoms with Gasteiger partial charge in [-0.3, -0.25) is 14.2 Å². The largest absolute Gasteiger partial charge is 0.352 e. The third-order valence-corrected chi connectivity index (χ3v) is 5.28. The SMILES string of the molecule is C=CCNC(=O)C(C)Sc1nc2ccccc2c(=O)n1-c1ccc(C)c(F)c1. The molecule has 1 aromatic heterocycles. The van der Waals surface area contributed by atoms with Gasteiger partial charge in [0.25, 0.3) is 5.56 Å². The number of benzene rings is 2. The van der Waals surface area contributed by atoms with Gasteiger partial charge >= 0.3 is 0 Å². The van der Waals surface area contributed by atoms with Crippen LogP contribution in [-0.4, -0.2) is 27.3 Å². The number of hydrogen-bond acceptors (Lipinski definition) is 4. The first kappa shape index (κ1) is 19.8. The van der Waals surface area contributed by atoms with Gasteiger partial charge in [0.1, 0.15) is 5.82 Å². The summed E-state index contributed by atoms with van der Waals surface area (Å²) in [6.45, 7) is 7.31. The maximum absolute atomic E-state index is 14.2. The summed E-state index contributed by atoms with van der Waals surface area (Å²) in [6, 6.07) is 11.6. The zero-order valence-corrected chi connectivity index (χ0v) is 16.4. The summed E-state index contributed by atoms with van der Waals surface area (Å²) in [5.74, 6) is -0.612. The second-order valence-corrected chi connectivity index (χ2v) is 7.59. The van der Waals surface area contributed by atoms with Crippen molar-refractivity contribution in [2.45, 2.75) is 24.3 Å². The highest BCUT2D eigenvalue weighted by Crippen LogP contribution is 2.25. The van der Waals surface area contributed by atoms with E-state index in [1.54, 1.807) is 56.3 Å². The highest BCUT2D eigenvalue weighted by atomic mass is 32.2. The smallest absolute Gasteiger partial charge is 0.266 e. The molecule has 0 radical (unpaired) electrons. The van der Waals surface area contributed by atoms with Crippen LogP contribution < -0.4 is 10.9 Å². The lowest BCUT2D eigenvalue weighted by atomic mass is 10.2. The van der Waals surface area contributed by atoms with Crippen LogP contribution in [0.1, 0.15) is 12.5 Å². The van der Waals surface area contributed by atoms with Crippen LogP contribution in [0.2, 0.25) is 0 Å². The molecule has 0 aliphatic rings. The molecule has 0 aliphatic heterocycles. The molecule has 1 amide bonds. The monoisotopic (exact) mass is 397 g/mol. The van der Waals surface area contributed by atoms with Crippen LogP contribution >= 0.6 is 11.8 Å². The molecule has 0 bridgehead atoms. The number of amides is 1. The van der Waals surface area contributed by atoms with Crippen molar-refractivity contribution < 1.29 is 9.18 Å². The molecule has 7 heteroatoms. The molecule has 0 saturated heterocycles. The Bertz CT molecular complexity index is 1110. The van der Waals surface area contributed by atoms with E-state index in [9.17, 15) is 14.0 Å². The number of nitrogens with zero attached hydrogens (tertiary/aromatic N) is 2. The van der Waals surface area contributed by atoms with Gasteiger partial charge in [0, 0.05) is 6.54 Å². The highest BCUT2D eigenvalue weighted by Gasteiger charge is 2.20. The Labute approximate surface area is 166 Å². The molecule has 0 aliphatic carbocycles. The Kier molecular flexibility index (Phi) is 5.94. The molecule has 3 aromatic rings. The molecule has 3 rings (SSSR count). The fourth-order valence-corrected chi connectivity index (χ4v) is 3.62. The molecule has 0 fully saturated rings. The minimum absolute atomic E-state index is 0.200. The van der Waals surface area contributed by atoms with E-state index >= 15 is 0 Å². The maximum atomic E-state index is 14.2. The van der Waals surface area contributed by atoms with Gasteiger partial charge in [-0.15, -0.1) is 6.58 Å². The molecule has 1 atom stereocenters. The number of halogens is 1. The van der Waals surface area contributed by atoms with Gasteiger partial charge in [-0.25, -0.2) is 9.37 Å². The standard InChI is InChI=1S/C21H20FN3O2S/c1-4-11-23-19(26)14(3)28-21-24-18-8-6-5-7-16(18)20(27)25(21)15-10-9-13(2)17(22)12-15/h4-10,12,14H,1,11H2,2-3H3,(H,23,26).